The Morgan fingerprint density at radius 3 is 2.73 bits per heavy atom. The lowest BCUT2D eigenvalue weighted by molar-refractivity contribution is -0.185. The summed E-state index contributed by atoms with van der Waals surface area (Å²) in [6, 6.07) is 1.66. The third-order valence-corrected chi connectivity index (χ3v) is 4.01. The Balaban J connectivity index is 2.04. The van der Waals surface area contributed by atoms with Gasteiger partial charge in [-0.2, -0.15) is 13.2 Å². The van der Waals surface area contributed by atoms with E-state index in [9.17, 15) is 18.0 Å². The number of hydrogen-bond donors (Lipinski definition) is 1. The van der Waals surface area contributed by atoms with Gasteiger partial charge in [0.2, 0.25) is 5.91 Å². The molecular weight excluding hydrogens is 295 g/mol. The lowest BCUT2D eigenvalue weighted by Crippen LogP contribution is -2.34. The zero-order valence-corrected chi connectivity index (χ0v) is 12.7. The molecule has 1 aliphatic carbocycles. The highest BCUT2D eigenvalue weighted by Crippen LogP contribution is 2.40. The predicted octanol–water partition coefficient (Wildman–Crippen LogP) is 3.65. The summed E-state index contributed by atoms with van der Waals surface area (Å²) in [6.07, 6.45) is -2.64. The number of hydrogen-bond acceptors (Lipinski definition) is 3. The lowest BCUT2D eigenvalue weighted by Gasteiger charge is -2.29. The van der Waals surface area contributed by atoms with Crippen molar-refractivity contribution in [1.82, 2.24) is 9.97 Å². The average molecular weight is 315 g/mol. The van der Waals surface area contributed by atoms with E-state index < -0.39 is 18.0 Å². The molecule has 1 fully saturated rings. The Morgan fingerprint density at radius 1 is 1.36 bits per heavy atom. The number of alkyl halides is 3. The van der Waals surface area contributed by atoms with Gasteiger partial charge in [-0.3, -0.25) is 4.79 Å². The maximum Gasteiger partial charge on any atom is 0.391 e. The summed E-state index contributed by atoms with van der Waals surface area (Å²) < 4.78 is 38.4. The maximum absolute atomic E-state index is 12.8. The first-order valence-corrected chi connectivity index (χ1v) is 7.51. The summed E-state index contributed by atoms with van der Waals surface area (Å²) in [5.74, 6) is -1.47. The smallest absolute Gasteiger partial charge is 0.310 e. The molecule has 1 aliphatic rings. The van der Waals surface area contributed by atoms with E-state index in [4.69, 9.17) is 0 Å². The molecule has 1 heterocycles. The van der Waals surface area contributed by atoms with E-state index in [1.807, 2.05) is 6.92 Å². The van der Waals surface area contributed by atoms with Crippen molar-refractivity contribution in [2.45, 2.75) is 52.1 Å². The predicted molar refractivity (Wildman–Crippen MR) is 76.3 cm³/mol. The fourth-order valence-corrected chi connectivity index (χ4v) is 2.83. The standard InChI is InChI=1S/C15H20F3N3O/c1-3-12-8-13(20-9(2)19-12)21-14(22)10-5-4-6-11(7-10)15(16,17)18/h8,10-11H,3-7H2,1-2H3,(H,19,20,21,22)/t10-,11-/m1/s1. The van der Waals surface area contributed by atoms with Crippen LogP contribution in [0.25, 0.3) is 0 Å². The van der Waals surface area contributed by atoms with Gasteiger partial charge in [-0.15, -0.1) is 0 Å². The first kappa shape index (κ1) is 16.7. The number of anilines is 1. The minimum absolute atomic E-state index is 0.111. The zero-order valence-electron chi connectivity index (χ0n) is 12.7. The van der Waals surface area contributed by atoms with Crippen molar-refractivity contribution in [2.75, 3.05) is 5.32 Å². The first-order valence-electron chi connectivity index (χ1n) is 7.51. The molecule has 1 saturated carbocycles. The minimum Gasteiger partial charge on any atom is -0.310 e. The van der Waals surface area contributed by atoms with Crippen LogP contribution in [0.5, 0.6) is 0 Å². The average Bonchev–Trinajstić information content (AvgIpc) is 2.45. The molecule has 0 unspecified atom stereocenters. The van der Waals surface area contributed by atoms with Gasteiger partial charge in [0.1, 0.15) is 11.6 Å². The molecular formula is C15H20F3N3O. The second-order valence-electron chi connectivity index (χ2n) is 5.74. The van der Waals surface area contributed by atoms with Gasteiger partial charge in [0.25, 0.3) is 0 Å². The van der Waals surface area contributed by atoms with E-state index >= 15 is 0 Å². The highest BCUT2D eigenvalue weighted by Gasteiger charge is 2.43. The fraction of sp³-hybridized carbons (Fsp3) is 0.667. The molecule has 4 nitrogen and oxygen atoms in total. The van der Waals surface area contributed by atoms with Crippen molar-refractivity contribution in [3.63, 3.8) is 0 Å². The molecule has 1 aromatic heterocycles. The van der Waals surface area contributed by atoms with Gasteiger partial charge < -0.3 is 5.32 Å². The lowest BCUT2D eigenvalue weighted by atomic mass is 9.80. The topological polar surface area (TPSA) is 54.9 Å². The van der Waals surface area contributed by atoms with Crippen molar-refractivity contribution in [3.8, 4) is 0 Å². The van der Waals surface area contributed by atoms with Crippen LogP contribution in [0.4, 0.5) is 19.0 Å². The van der Waals surface area contributed by atoms with E-state index in [1.54, 1.807) is 13.0 Å². The molecule has 2 rings (SSSR count). The van der Waals surface area contributed by atoms with E-state index in [2.05, 4.69) is 15.3 Å². The number of aromatic nitrogens is 2. The van der Waals surface area contributed by atoms with Crippen molar-refractivity contribution in [3.05, 3.63) is 17.6 Å². The molecule has 0 aliphatic heterocycles. The van der Waals surface area contributed by atoms with Crippen molar-refractivity contribution >= 4 is 11.7 Å². The second-order valence-corrected chi connectivity index (χ2v) is 5.74. The van der Waals surface area contributed by atoms with Crippen LogP contribution in [-0.4, -0.2) is 22.1 Å². The van der Waals surface area contributed by atoms with Gasteiger partial charge in [0.15, 0.2) is 0 Å². The zero-order chi connectivity index (χ0) is 16.3. The summed E-state index contributed by atoms with van der Waals surface area (Å²) in [6.45, 7) is 3.65. The van der Waals surface area contributed by atoms with Gasteiger partial charge in [0.05, 0.1) is 5.92 Å². The van der Waals surface area contributed by atoms with Gasteiger partial charge >= 0.3 is 6.18 Å². The van der Waals surface area contributed by atoms with Crippen LogP contribution in [0.1, 0.15) is 44.1 Å². The van der Waals surface area contributed by atoms with Gasteiger partial charge in [-0.05, 0) is 32.6 Å². The second kappa shape index (κ2) is 6.62. The Labute approximate surface area is 127 Å². The Kier molecular flexibility index (Phi) is 5.03. The van der Waals surface area contributed by atoms with Gasteiger partial charge in [-0.1, -0.05) is 13.3 Å². The number of carbonyl (C=O) groups excluding carboxylic acids is 1. The van der Waals surface area contributed by atoms with E-state index in [1.165, 1.54) is 0 Å². The van der Waals surface area contributed by atoms with Crippen molar-refractivity contribution < 1.29 is 18.0 Å². The van der Waals surface area contributed by atoms with Gasteiger partial charge in [0, 0.05) is 17.7 Å². The number of nitrogens with zero attached hydrogens (tertiary/aromatic N) is 2. The number of carbonyl (C=O) groups is 1. The number of rotatable bonds is 3. The van der Waals surface area contributed by atoms with E-state index in [0.29, 0.717) is 30.9 Å². The minimum atomic E-state index is -4.22. The normalized spacial score (nSPS) is 22.4. The van der Waals surface area contributed by atoms with Crippen LogP contribution >= 0.6 is 0 Å². The summed E-state index contributed by atoms with van der Waals surface area (Å²) >= 11 is 0. The molecule has 22 heavy (non-hydrogen) atoms. The van der Waals surface area contributed by atoms with E-state index in [-0.39, 0.29) is 18.7 Å². The van der Waals surface area contributed by atoms with Crippen LogP contribution in [-0.2, 0) is 11.2 Å². The molecule has 1 amide bonds. The number of halogens is 3. The highest BCUT2D eigenvalue weighted by atomic mass is 19.4. The molecule has 7 heteroatoms. The molecule has 0 aromatic carbocycles. The molecule has 2 atom stereocenters. The number of aryl methyl sites for hydroxylation is 2. The quantitative estimate of drug-likeness (QED) is 0.926. The van der Waals surface area contributed by atoms with Crippen LogP contribution < -0.4 is 5.32 Å². The molecule has 0 bridgehead atoms. The Bertz CT molecular complexity index is 545. The third kappa shape index (κ3) is 4.18. The van der Waals surface area contributed by atoms with Crippen LogP contribution in [0.15, 0.2) is 6.07 Å². The maximum atomic E-state index is 12.8. The summed E-state index contributed by atoms with van der Waals surface area (Å²) in [5.41, 5.74) is 0.791. The molecule has 1 aromatic rings. The molecule has 0 spiro atoms. The molecule has 0 saturated heterocycles. The fourth-order valence-electron chi connectivity index (χ4n) is 2.83. The highest BCUT2D eigenvalue weighted by molar-refractivity contribution is 5.91. The molecule has 122 valence electrons. The van der Waals surface area contributed by atoms with Crippen molar-refractivity contribution in [2.24, 2.45) is 11.8 Å². The SMILES string of the molecule is CCc1cc(NC(=O)[C@@H]2CCC[C@@H](C(F)(F)F)C2)nc(C)n1. The summed E-state index contributed by atoms with van der Waals surface area (Å²) in [7, 11) is 0. The van der Waals surface area contributed by atoms with E-state index in [0.717, 1.165) is 5.69 Å². The number of amides is 1. The Hall–Kier alpha value is -1.66. The summed E-state index contributed by atoms with van der Waals surface area (Å²) in [5, 5.41) is 2.64. The molecule has 1 N–H and O–H groups in total. The molecule has 0 radical (unpaired) electrons. The number of nitrogens with one attached hydrogen (secondary N) is 1. The largest absolute Gasteiger partial charge is 0.391 e. The summed E-state index contributed by atoms with van der Waals surface area (Å²) in [4.78, 5) is 20.5. The monoisotopic (exact) mass is 315 g/mol. The third-order valence-electron chi connectivity index (χ3n) is 4.01. The van der Waals surface area contributed by atoms with Crippen LogP contribution in [0, 0.1) is 18.8 Å². The van der Waals surface area contributed by atoms with Gasteiger partial charge in [-0.25, -0.2) is 9.97 Å². The van der Waals surface area contributed by atoms with Crippen LogP contribution in [0.2, 0.25) is 0 Å². The Morgan fingerprint density at radius 2 is 2.09 bits per heavy atom. The van der Waals surface area contributed by atoms with Crippen LogP contribution in [0.3, 0.4) is 0 Å². The van der Waals surface area contributed by atoms with Crippen molar-refractivity contribution in [1.29, 1.82) is 0 Å². The first-order chi connectivity index (χ1) is 10.3.